The molecule has 6 rings (SSSR count). The summed E-state index contributed by atoms with van der Waals surface area (Å²) in [5, 5.41) is 10.4. The summed E-state index contributed by atoms with van der Waals surface area (Å²) in [6, 6.07) is 18.9. The fourth-order valence-corrected chi connectivity index (χ4v) is 5.16. The first-order valence-corrected chi connectivity index (χ1v) is 13.1. The van der Waals surface area contributed by atoms with E-state index in [1.165, 1.54) is 10.7 Å². The number of benzene rings is 3. The fraction of sp³-hybridized carbons (Fsp3) is 0.188. The van der Waals surface area contributed by atoms with Gasteiger partial charge in [-0.25, -0.2) is 4.39 Å². The number of rotatable bonds is 4. The minimum atomic E-state index is -0.540. The zero-order valence-electron chi connectivity index (χ0n) is 22.8. The van der Waals surface area contributed by atoms with E-state index < -0.39 is 11.4 Å². The van der Waals surface area contributed by atoms with Gasteiger partial charge in [0.25, 0.3) is 5.56 Å². The first-order valence-electron chi connectivity index (χ1n) is 13.1. The van der Waals surface area contributed by atoms with Crippen LogP contribution in [0.1, 0.15) is 37.5 Å². The summed E-state index contributed by atoms with van der Waals surface area (Å²) in [5.41, 5.74) is 11.7. The number of hydrogen-bond donors (Lipinski definition) is 1. The number of nitrogen functional groups attached to an aromatic ring is 1. The van der Waals surface area contributed by atoms with E-state index in [1.807, 2.05) is 87.0 Å². The van der Waals surface area contributed by atoms with Crippen LogP contribution in [0.5, 0.6) is 0 Å². The molecule has 0 bridgehead atoms. The van der Waals surface area contributed by atoms with E-state index in [2.05, 4.69) is 15.2 Å². The third-order valence-electron chi connectivity index (χ3n) is 7.41. The van der Waals surface area contributed by atoms with Crippen LogP contribution in [0.4, 0.5) is 10.2 Å². The standard InChI is InChI=1S/C32H29FN6O/c1-19-24(21-8-9-28-25(15-21)30(34)37-38(28)18-20-10-12-35-13-11-20)6-5-7-27(19)39-31(40)29-22(17-36-39)14-23(16-26(29)33)32(2,3)4/h5-17H,18H2,1-4H3,(H2,34,37). The van der Waals surface area contributed by atoms with Crippen LogP contribution < -0.4 is 11.3 Å². The Balaban J connectivity index is 1.43. The zero-order chi connectivity index (χ0) is 28.2. The normalized spacial score (nSPS) is 11.9. The molecule has 0 saturated heterocycles. The van der Waals surface area contributed by atoms with Crippen molar-refractivity contribution < 1.29 is 4.39 Å². The Labute approximate surface area is 230 Å². The highest BCUT2D eigenvalue weighted by Crippen LogP contribution is 2.32. The van der Waals surface area contributed by atoms with Gasteiger partial charge in [0.05, 0.1) is 29.3 Å². The highest BCUT2D eigenvalue weighted by Gasteiger charge is 2.20. The number of nitrogens with two attached hydrogens (primary N) is 1. The second kappa shape index (κ2) is 9.41. The van der Waals surface area contributed by atoms with Crippen molar-refractivity contribution in [2.45, 2.75) is 39.7 Å². The van der Waals surface area contributed by atoms with Gasteiger partial charge in [-0.1, -0.05) is 39.0 Å². The summed E-state index contributed by atoms with van der Waals surface area (Å²) in [5.74, 6) is -0.0979. The third-order valence-corrected chi connectivity index (χ3v) is 7.41. The van der Waals surface area contributed by atoms with Crippen LogP contribution in [-0.2, 0) is 12.0 Å². The predicted molar refractivity (Wildman–Crippen MR) is 157 cm³/mol. The van der Waals surface area contributed by atoms with Gasteiger partial charge in [0.2, 0.25) is 0 Å². The average molecular weight is 533 g/mol. The van der Waals surface area contributed by atoms with Crippen LogP contribution in [0, 0.1) is 12.7 Å². The van der Waals surface area contributed by atoms with Gasteiger partial charge in [0.15, 0.2) is 5.82 Å². The van der Waals surface area contributed by atoms with Crippen molar-refractivity contribution in [3.63, 3.8) is 0 Å². The second-order valence-electron chi connectivity index (χ2n) is 11.1. The van der Waals surface area contributed by atoms with Crippen molar-refractivity contribution in [1.29, 1.82) is 0 Å². The largest absolute Gasteiger partial charge is 0.382 e. The maximum Gasteiger partial charge on any atom is 0.282 e. The SMILES string of the molecule is Cc1c(-c2ccc3c(c2)c(N)nn3Cc2ccncc2)cccc1-n1ncc2cc(C(C)(C)C)cc(F)c2c1=O. The van der Waals surface area contributed by atoms with E-state index in [-0.39, 0.29) is 10.8 Å². The average Bonchev–Trinajstić information content (AvgIpc) is 3.23. The lowest BCUT2D eigenvalue weighted by Crippen LogP contribution is -2.23. The number of halogens is 1. The summed E-state index contributed by atoms with van der Waals surface area (Å²) >= 11 is 0. The Kier molecular flexibility index (Phi) is 5.98. The zero-order valence-corrected chi connectivity index (χ0v) is 22.8. The van der Waals surface area contributed by atoms with Crippen LogP contribution in [0.2, 0.25) is 0 Å². The lowest BCUT2D eigenvalue weighted by Gasteiger charge is -2.20. The van der Waals surface area contributed by atoms with Crippen LogP contribution in [0.15, 0.2) is 84.0 Å². The van der Waals surface area contributed by atoms with Crippen molar-refractivity contribution in [3.8, 4) is 16.8 Å². The third kappa shape index (κ3) is 4.31. The van der Waals surface area contributed by atoms with Crippen LogP contribution in [0.3, 0.4) is 0 Å². The molecule has 0 atom stereocenters. The maximum atomic E-state index is 15.2. The van der Waals surface area contributed by atoms with E-state index in [0.29, 0.717) is 23.4 Å². The molecule has 0 spiro atoms. The highest BCUT2D eigenvalue weighted by molar-refractivity contribution is 5.93. The molecule has 7 nitrogen and oxygen atoms in total. The molecule has 0 aliphatic rings. The van der Waals surface area contributed by atoms with Gasteiger partial charge in [0, 0.05) is 23.2 Å². The quantitative estimate of drug-likeness (QED) is 0.293. The van der Waals surface area contributed by atoms with Gasteiger partial charge in [0.1, 0.15) is 5.82 Å². The number of fused-ring (bicyclic) bond motifs is 2. The van der Waals surface area contributed by atoms with Crippen molar-refractivity contribution >= 4 is 27.5 Å². The monoisotopic (exact) mass is 532 g/mol. The Bertz CT molecular complexity index is 1970. The van der Waals surface area contributed by atoms with Gasteiger partial charge < -0.3 is 5.73 Å². The molecule has 3 aromatic heterocycles. The van der Waals surface area contributed by atoms with Gasteiger partial charge in [-0.3, -0.25) is 14.5 Å². The van der Waals surface area contributed by atoms with Crippen LogP contribution in [0.25, 0.3) is 38.5 Å². The van der Waals surface area contributed by atoms with E-state index in [0.717, 1.165) is 38.7 Å². The Morgan fingerprint density at radius 2 is 1.77 bits per heavy atom. The molecular weight excluding hydrogens is 503 g/mol. The van der Waals surface area contributed by atoms with Crippen molar-refractivity contribution in [2.24, 2.45) is 0 Å². The van der Waals surface area contributed by atoms with Gasteiger partial charge in [-0.15, -0.1) is 0 Å². The van der Waals surface area contributed by atoms with Crippen molar-refractivity contribution in [1.82, 2.24) is 24.5 Å². The first kappa shape index (κ1) is 25.4. The van der Waals surface area contributed by atoms with Crippen molar-refractivity contribution in [3.05, 3.63) is 112 Å². The number of nitrogens with zero attached hydrogens (tertiary/aromatic N) is 5. The lowest BCUT2D eigenvalue weighted by atomic mass is 9.86. The number of pyridine rings is 1. The summed E-state index contributed by atoms with van der Waals surface area (Å²) < 4.78 is 18.4. The van der Waals surface area contributed by atoms with Crippen molar-refractivity contribution in [2.75, 3.05) is 5.73 Å². The first-order chi connectivity index (χ1) is 19.1. The molecule has 8 heteroatoms. The summed E-state index contributed by atoms with van der Waals surface area (Å²) in [6.45, 7) is 8.53. The Morgan fingerprint density at radius 3 is 2.52 bits per heavy atom. The van der Waals surface area contributed by atoms with E-state index in [4.69, 9.17) is 5.73 Å². The molecule has 6 aromatic rings. The molecule has 0 unspecified atom stereocenters. The number of aromatic nitrogens is 5. The van der Waals surface area contributed by atoms with E-state index >= 15 is 4.39 Å². The molecule has 0 aliphatic carbocycles. The fourth-order valence-electron chi connectivity index (χ4n) is 5.16. The minimum Gasteiger partial charge on any atom is -0.382 e. The lowest BCUT2D eigenvalue weighted by molar-refractivity contribution is 0.576. The molecule has 200 valence electrons. The molecule has 0 radical (unpaired) electrons. The summed E-state index contributed by atoms with van der Waals surface area (Å²) in [6.07, 6.45) is 5.07. The molecule has 2 N–H and O–H groups in total. The van der Waals surface area contributed by atoms with E-state index in [9.17, 15) is 4.79 Å². The van der Waals surface area contributed by atoms with Gasteiger partial charge in [-0.2, -0.15) is 14.9 Å². The topological polar surface area (TPSA) is 91.6 Å². The van der Waals surface area contributed by atoms with Gasteiger partial charge in [-0.05, 0) is 82.6 Å². The predicted octanol–water partition coefficient (Wildman–Crippen LogP) is 6.17. The second-order valence-corrected chi connectivity index (χ2v) is 11.1. The molecular formula is C32H29FN6O. The molecule has 0 saturated carbocycles. The maximum absolute atomic E-state index is 15.2. The molecule has 0 fully saturated rings. The Morgan fingerprint density at radius 1 is 1.00 bits per heavy atom. The molecule has 3 heterocycles. The van der Waals surface area contributed by atoms with Gasteiger partial charge >= 0.3 is 0 Å². The molecule has 3 aromatic carbocycles. The minimum absolute atomic E-state index is 0.0311. The summed E-state index contributed by atoms with van der Waals surface area (Å²) in [4.78, 5) is 17.6. The summed E-state index contributed by atoms with van der Waals surface area (Å²) in [7, 11) is 0. The van der Waals surface area contributed by atoms with Crippen LogP contribution >= 0.6 is 0 Å². The molecule has 40 heavy (non-hydrogen) atoms. The smallest absolute Gasteiger partial charge is 0.282 e. The Hall–Kier alpha value is -4.85. The highest BCUT2D eigenvalue weighted by atomic mass is 19.1. The number of hydrogen-bond acceptors (Lipinski definition) is 5. The van der Waals surface area contributed by atoms with E-state index in [1.54, 1.807) is 18.6 Å². The molecule has 0 amide bonds. The molecule has 0 aliphatic heterocycles. The van der Waals surface area contributed by atoms with Crippen LogP contribution in [-0.4, -0.2) is 24.5 Å². The number of anilines is 1.